The zero-order valence-electron chi connectivity index (χ0n) is 13.9. The minimum atomic E-state index is -0.427. The van der Waals surface area contributed by atoms with E-state index in [9.17, 15) is 9.18 Å². The normalized spacial score (nSPS) is 10.5. The van der Waals surface area contributed by atoms with Gasteiger partial charge in [0.05, 0.1) is 0 Å². The number of anilines is 1. The molecule has 0 aliphatic rings. The fraction of sp³-hybridized carbons (Fsp3) is 0.167. The lowest BCUT2D eigenvalue weighted by Crippen LogP contribution is -2.20. The van der Waals surface area contributed by atoms with Crippen LogP contribution in [-0.2, 0) is 17.9 Å². The van der Waals surface area contributed by atoms with Gasteiger partial charge in [0.15, 0.2) is 6.61 Å². The number of aryl methyl sites for hydroxylation is 1. The van der Waals surface area contributed by atoms with E-state index in [2.05, 4.69) is 10.4 Å². The van der Waals surface area contributed by atoms with E-state index < -0.39 is 11.7 Å². The Morgan fingerprint density at radius 1 is 1.31 bits per heavy atom. The van der Waals surface area contributed by atoms with Crippen LogP contribution in [0.15, 0.2) is 52.9 Å². The lowest BCUT2D eigenvalue weighted by atomic mass is 10.2. The number of aromatic nitrogens is 2. The summed E-state index contributed by atoms with van der Waals surface area (Å²) < 4.78 is 25.4. The first-order valence-corrected chi connectivity index (χ1v) is 8.23. The first kappa shape index (κ1) is 17.8. The molecule has 0 saturated carbocycles. The van der Waals surface area contributed by atoms with E-state index in [0.717, 1.165) is 5.56 Å². The Labute approximate surface area is 154 Å². The van der Waals surface area contributed by atoms with Crippen LogP contribution in [-0.4, -0.2) is 15.7 Å². The Morgan fingerprint density at radius 3 is 2.85 bits per heavy atom. The van der Waals surface area contributed by atoms with Gasteiger partial charge in [-0.15, -0.1) is 5.10 Å². The number of carbonyl (C=O) groups excluding carboxylic acids is 1. The lowest BCUT2D eigenvalue weighted by Gasteiger charge is -2.08. The maximum Gasteiger partial charge on any atom is 0.287 e. The molecule has 1 N–H and O–H groups in total. The predicted octanol–water partition coefficient (Wildman–Crippen LogP) is 3.87. The van der Waals surface area contributed by atoms with Gasteiger partial charge in [0.1, 0.15) is 18.1 Å². The molecule has 3 aromatic rings. The fourth-order valence-corrected chi connectivity index (χ4v) is 2.43. The third kappa shape index (κ3) is 4.54. The zero-order valence-corrected chi connectivity index (χ0v) is 14.8. The maximum atomic E-state index is 13.3. The standard InChI is InChI=1S/C18H16FN3O3S/c1-12-7-8-13(19)9-15(12)20-16(23)10-22-18(26)25-17(21-22)11-24-14-5-3-2-4-6-14/h2-9H,10-11H2,1H3,(H,20,23). The number of benzene rings is 2. The van der Waals surface area contributed by atoms with E-state index in [1.165, 1.54) is 16.8 Å². The lowest BCUT2D eigenvalue weighted by molar-refractivity contribution is -0.117. The number of nitrogens with one attached hydrogen (secondary N) is 1. The second-order valence-electron chi connectivity index (χ2n) is 5.53. The number of ether oxygens (including phenoxy) is 1. The Balaban J connectivity index is 1.63. The van der Waals surface area contributed by atoms with Gasteiger partial charge in [0, 0.05) is 5.69 Å². The van der Waals surface area contributed by atoms with E-state index in [1.807, 2.05) is 18.2 Å². The van der Waals surface area contributed by atoms with Crippen molar-refractivity contribution < 1.29 is 18.3 Å². The van der Waals surface area contributed by atoms with E-state index in [0.29, 0.717) is 11.4 Å². The summed E-state index contributed by atoms with van der Waals surface area (Å²) in [5, 5.41) is 6.77. The van der Waals surface area contributed by atoms with Gasteiger partial charge in [-0.1, -0.05) is 24.3 Å². The van der Waals surface area contributed by atoms with Gasteiger partial charge >= 0.3 is 0 Å². The van der Waals surface area contributed by atoms with Crippen molar-refractivity contribution in [3.05, 3.63) is 70.6 Å². The Hall–Kier alpha value is -3.00. The second-order valence-corrected chi connectivity index (χ2v) is 5.88. The van der Waals surface area contributed by atoms with Crippen LogP contribution in [0.4, 0.5) is 10.1 Å². The number of halogens is 1. The molecule has 0 aliphatic heterocycles. The largest absolute Gasteiger partial charge is 0.484 e. The van der Waals surface area contributed by atoms with Crippen LogP contribution in [0.5, 0.6) is 5.75 Å². The molecule has 134 valence electrons. The topological polar surface area (TPSA) is 69.3 Å². The molecule has 8 heteroatoms. The van der Waals surface area contributed by atoms with Crippen molar-refractivity contribution in [2.24, 2.45) is 0 Å². The average Bonchev–Trinajstić information content (AvgIpc) is 2.97. The molecule has 0 radical (unpaired) electrons. The van der Waals surface area contributed by atoms with Crippen molar-refractivity contribution in [2.75, 3.05) is 5.32 Å². The molecule has 1 heterocycles. The number of nitrogens with zero attached hydrogens (tertiary/aromatic N) is 2. The second kappa shape index (κ2) is 7.92. The van der Waals surface area contributed by atoms with Crippen molar-refractivity contribution in [1.82, 2.24) is 9.78 Å². The van der Waals surface area contributed by atoms with Crippen molar-refractivity contribution in [3.8, 4) is 5.75 Å². The first-order chi connectivity index (χ1) is 12.5. The molecule has 6 nitrogen and oxygen atoms in total. The van der Waals surface area contributed by atoms with Gasteiger partial charge < -0.3 is 14.5 Å². The highest BCUT2D eigenvalue weighted by Gasteiger charge is 2.12. The molecule has 1 aromatic heterocycles. The molecular formula is C18H16FN3O3S. The van der Waals surface area contributed by atoms with Crippen LogP contribution < -0.4 is 10.1 Å². The SMILES string of the molecule is Cc1ccc(F)cc1NC(=O)Cn1nc(COc2ccccc2)oc1=S. The minimum Gasteiger partial charge on any atom is -0.484 e. The van der Waals surface area contributed by atoms with Crippen LogP contribution >= 0.6 is 12.2 Å². The van der Waals surface area contributed by atoms with E-state index in [-0.39, 0.29) is 23.9 Å². The molecule has 1 amide bonds. The number of hydrogen-bond acceptors (Lipinski definition) is 5. The Kier molecular flexibility index (Phi) is 5.43. The smallest absolute Gasteiger partial charge is 0.287 e. The fourth-order valence-electron chi connectivity index (χ4n) is 2.22. The van der Waals surface area contributed by atoms with Crippen molar-refractivity contribution in [3.63, 3.8) is 0 Å². The summed E-state index contributed by atoms with van der Waals surface area (Å²) in [7, 11) is 0. The van der Waals surface area contributed by atoms with Gasteiger partial charge in [-0.05, 0) is 49.0 Å². The third-order valence-corrected chi connectivity index (χ3v) is 3.81. The third-order valence-electron chi connectivity index (χ3n) is 3.52. The van der Waals surface area contributed by atoms with Crippen LogP contribution in [0.2, 0.25) is 0 Å². The van der Waals surface area contributed by atoms with Crippen LogP contribution in [0.1, 0.15) is 11.5 Å². The van der Waals surface area contributed by atoms with E-state index in [1.54, 1.807) is 25.1 Å². The van der Waals surface area contributed by atoms with Crippen molar-refractivity contribution in [1.29, 1.82) is 0 Å². The molecule has 0 fully saturated rings. The summed E-state index contributed by atoms with van der Waals surface area (Å²) >= 11 is 5.07. The summed E-state index contributed by atoms with van der Waals surface area (Å²) in [6.07, 6.45) is 0. The van der Waals surface area contributed by atoms with Crippen molar-refractivity contribution >= 4 is 23.8 Å². The quantitative estimate of drug-likeness (QED) is 0.664. The predicted molar refractivity (Wildman–Crippen MR) is 95.9 cm³/mol. The first-order valence-electron chi connectivity index (χ1n) is 7.82. The summed E-state index contributed by atoms with van der Waals surface area (Å²) in [5.74, 6) is 0.110. The minimum absolute atomic E-state index is 0.0581. The highest BCUT2D eigenvalue weighted by molar-refractivity contribution is 7.71. The highest BCUT2D eigenvalue weighted by Crippen LogP contribution is 2.16. The monoisotopic (exact) mass is 373 g/mol. The number of rotatable bonds is 6. The molecule has 0 atom stereocenters. The average molecular weight is 373 g/mol. The molecule has 0 unspecified atom stereocenters. The van der Waals surface area contributed by atoms with Gasteiger partial charge in [-0.2, -0.15) is 0 Å². The number of carbonyl (C=O) groups is 1. The Morgan fingerprint density at radius 2 is 2.08 bits per heavy atom. The number of para-hydroxylation sites is 1. The summed E-state index contributed by atoms with van der Waals surface area (Å²) in [6.45, 7) is 1.71. The maximum absolute atomic E-state index is 13.3. The summed E-state index contributed by atoms with van der Waals surface area (Å²) in [5.41, 5.74) is 1.15. The van der Waals surface area contributed by atoms with Crippen LogP contribution in [0.3, 0.4) is 0 Å². The summed E-state index contributed by atoms with van der Waals surface area (Å²) in [6, 6.07) is 13.4. The van der Waals surface area contributed by atoms with Crippen LogP contribution in [0.25, 0.3) is 0 Å². The molecule has 2 aromatic carbocycles. The van der Waals surface area contributed by atoms with Gasteiger partial charge in [0.25, 0.3) is 10.7 Å². The summed E-state index contributed by atoms with van der Waals surface area (Å²) in [4.78, 5) is 12.2. The Bertz CT molecular complexity index is 969. The zero-order chi connectivity index (χ0) is 18.5. The molecule has 26 heavy (non-hydrogen) atoms. The van der Waals surface area contributed by atoms with Gasteiger partial charge in [0.2, 0.25) is 5.91 Å². The molecule has 0 bridgehead atoms. The molecule has 0 spiro atoms. The van der Waals surface area contributed by atoms with Crippen LogP contribution in [0, 0.1) is 17.6 Å². The van der Waals surface area contributed by atoms with Gasteiger partial charge in [-0.3, -0.25) is 4.79 Å². The number of hydrogen-bond donors (Lipinski definition) is 1. The van der Waals surface area contributed by atoms with Gasteiger partial charge in [-0.25, -0.2) is 9.07 Å². The highest BCUT2D eigenvalue weighted by atomic mass is 32.1. The molecule has 3 rings (SSSR count). The van der Waals surface area contributed by atoms with Crippen molar-refractivity contribution in [2.45, 2.75) is 20.1 Å². The molecular weight excluding hydrogens is 357 g/mol. The van der Waals surface area contributed by atoms with E-state index in [4.69, 9.17) is 21.4 Å². The molecule has 0 saturated heterocycles. The van der Waals surface area contributed by atoms with E-state index >= 15 is 0 Å². The number of amides is 1. The molecule has 0 aliphatic carbocycles.